The Morgan fingerprint density at radius 3 is 0.889 bits per heavy atom. The molecular formula is C27H66. The second-order valence-electron chi connectivity index (χ2n) is 4.72. The van der Waals surface area contributed by atoms with Gasteiger partial charge < -0.3 is 0 Å². The van der Waals surface area contributed by atoms with Gasteiger partial charge in [0.05, 0.1) is 0 Å². The monoisotopic (exact) mass is 391 g/mol. The van der Waals surface area contributed by atoms with Crippen molar-refractivity contribution in [1.82, 2.24) is 0 Å². The standard InChI is InChI=1S/C7H12.C6H14.2C3H8.4C2H6/c1-4-6-7(3)5-2;1-3-5-6-4-2;2*1-3-2;4*1-2/h4H,1,3,5-6H2,2H3;3-6H2,1-2H3;2*3H2,1-2H3;4*1-2H3. The highest BCUT2D eigenvalue weighted by atomic mass is 13.9. The van der Waals surface area contributed by atoms with Crippen LogP contribution >= 0.6 is 0 Å². The summed E-state index contributed by atoms with van der Waals surface area (Å²) in [6.07, 6.45) is 12.0. The van der Waals surface area contributed by atoms with E-state index in [9.17, 15) is 0 Å². The van der Waals surface area contributed by atoms with Crippen LogP contribution < -0.4 is 0 Å². The molecule has 0 bridgehead atoms. The molecule has 0 saturated carbocycles. The van der Waals surface area contributed by atoms with Crippen LogP contribution in [0.4, 0.5) is 0 Å². The summed E-state index contributed by atoms with van der Waals surface area (Å²) in [5, 5.41) is 0. The highest BCUT2D eigenvalue weighted by Crippen LogP contribution is 2.01. The van der Waals surface area contributed by atoms with Crippen molar-refractivity contribution < 1.29 is 0 Å². The molecule has 0 unspecified atom stereocenters. The first-order valence-electron chi connectivity index (χ1n) is 12.3. The summed E-state index contributed by atoms with van der Waals surface area (Å²) in [4.78, 5) is 0. The Labute approximate surface area is 180 Å². The summed E-state index contributed by atoms with van der Waals surface area (Å²) < 4.78 is 0. The third kappa shape index (κ3) is 251. The molecule has 0 rings (SSSR count). The molecule has 0 heteroatoms. The lowest BCUT2D eigenvalue weighted by Gasteiger charge is -1.91. The maximum absolute atomic E-state index is 3.79. The first-order chi connectivity index (χ1) is 13.1. The van der Waals surface area contributed by atoms with E-state index in [2.05, 4.69) is 61.6 Å². The molecule has 0 aliphatic carbocycles. The molecule has 0 atom stereocenters. The fourth-order valence-corrected chi connectivity index (χ4v) is 0.848. The number of unbranched alkanes of at least 4 members (excludes halogenated alkanes) is 3. The summed E-state index contributed by atoms with van der Waals surface area (Å²) >= 11 is 0. The molecule has 0 radical (unpaired) electrons. The molecule has 0 fully saturated rings. The maximum Gasteiger partial charge on any atom is -0.0144 e. The Morgan fingerprint density at radius 2 is 0.815 bits per heavy atom. The average molecular weight is 391 g/mol. The predicted molar refractivity (Wildman–Crippen MR) is 141 cm³/mol. The SMILES string of the molecule is C=CCC(=C)CC.CC.CC.CC.CC.CCC.CCC.CCCCCC. The highest BCUT2D eigenvalue weighted by Gasteiger charge is 1.80. The van der Waals surface area contributed by atoms with E-state index in [1.165, 1.54) is 44.1 Å². The van der Waals surface area contributed by atoms with E-state index in [1.54, 1.807) is 0 Å². The molecule has 27 heavy (non-hydrogen) atoms. The largest absolute Gasteiger partial charge is 0.103 e. The van der Waals surface area contributed by atoms with Gasteiger partial charge in [-0.25, -0.2) is 0 Å². The summed E-state index contributed by atoms with van der Waals surface area (Å²) in [5.74, 6) is 0. The first kappa shape index (κ1) is 50.3. The van der Waals surface area contributed by atoms with Gasteiger partial charge in [-0.3, -0.25) is 0 Å². The summed E-state index contributed by atoms with van der Waals surface area (Å²) in [5.41, 5.74) is 1.26. The Kier molecular flexibility index (Phi) is 216. The van der Waals surface area contributed by atoms with Crippen molar-refractivity contribution in [3.8, 4) is 0 Å². The van der Waals surface area contributed by atoms with Crippen molar-refractivity contribution >= 4 is 0 Å². The van der Waals surface area contributed by atoms with E-state index in [0.29, 0.717) is 0 Å². The van der Waals surface area contributed by atoms with E-state index in [4.69, 9.17) is 0 Å². The molecule has 0 aromatic heterocycles. The van der Waals surface area contributed by atoms with E-state index < -0.39 is 0 Å². The number of rotatable bonds is 6. The second kappa shape index (κ2) is 116. The molecule has 0 nitrogen and oxygen atoms in total. The molecule has 0 aromatic rings. The average Bonchev–Trinajstić information content (AvgIpc) is 2.74. The zero-order chi connectivity index (χ0) is 23.9. The zero-order valence-corrected chi connectivity index (χ0v) is 23.1. The van der Waals surface area contributed by atoms with Crippen LogP contribution in [0.3, 0.4) is 0 Å². The minimum absolute atomic E-state index is 0.969. The van der Waals surface area contributed by atoms with Crippen LogP contribution in [0.2, 0.25) is 0 Å². The van der Waals surface area contributed by atoms with E-state index in [1.807, 2.05) is 61.5 Å². The van der Waals surface area contributed by atoms with Crippen LogP contribution in [0.1, 0.15) is 155 Å². The molecule has 0 saturated heterocycles. The lowest BCUT2D eigenvalue weighted by Crippen LogP contribution is -1.70. The number of allylic oxidation sites excluding steroid dienone is 2. The summed E-state index contributed by atoms with van der Waals surface area (Å²) in [6, 6.07) is 0. The first-order valence-corrected chi connectivity index (χ1v) is 12.3. The van der Waals surface area contributed by atoms with E-state index >= 15 is 0 Å². The molecule has 0 aliphatic rings. The third-order valence-corrected chi connectivity index (χ3v) is 1.89. The molecule has 0 spiro atoms. The van der Waals surface area contributed by atoms with Gasteiger partial charge in [0.15, 0.2) is 0 Å². The van der Waals surface area contributed by atoms with Crippen LogP contribution in [0.5, 0.6) is 0 Å². The van der Waals surface area contributed by atoms with Crippen LogP contribution in [-0.4, -0.2) is 0 Å². The van der Waals surface area contributed by atoms with Crippen LogP contribution in [0, 0.1) is 0 Å². The van der Waals surface area contributed by atoms with E-state index in [0.717, 1.165) is 12.8 Å². The Bertz CT molecular complexity index is 127. The fourth-order valence-electron chi connectivity index (χ4n) is 0.848. The van der Waals surface area contributed by atoms with Gasteiger partial charge in [0, 0.05) is 0 Å². The van der Waals surface area contributed by atoms with Gasteiger partial charge in [-0.1, -0.05) is 161 Å². The van der Waals surface area contributed by atoms with Gasteiger partial charge in [-0.15, -0.1) is 6.58 Å². The predicted octanol–water partition coefficient (Wildman–Crippen LogP) is 12.1. The normalized spacial score (nSPS) is 6.33. The van der Waals surface area contributed by atoms with Gasteiger partial charge >= 0.3 is 0 Å². The van der Waals surface area contributed by atoms with Crippen molar-refractivity contribution in [2.75, 3.05) is 0 Å². The molecule has 0 heterocycles. The minimum atomic E-state index is 0.969. The van der Waals surface area contributed by atoms with Crippen LogP contribution in [0.15, 0.2) is 24.8 Å². The van der Waals surface area contributed by atoms with Crippen LogP contribution in [0.25, 0.3) is 0 Å². The van der Waals surface area contributed by atoms with Gasteiger partial charge in [-0.05, 0) is 12.8 Å². The van der Waals surface area contributed by atoms with Crippen molar-refractivity contribution in [3.05, 3.63) is 24.8 Å². The topological polar surface area (TPSA) is 0 Å². The zero-order valence-electron chi connectivity index (χ0n) is 23.1. The lowest BCUT2D eigenvalue weighted by molar-refractivity contribution is 0.702. The van der Waals surface area contributed by atoms with Crippen molar-refractivity contribution in [2.24, 2.45) is 0 Å². The number of hydrogen-bond acceptors (Lipinski definition) is 0. The maximum atomic E-state index is 3.79. The fraction of sp³-hybridized carbons (Fsp3) is 0.852. The van der Waals surface area contributed by atoms with Gasteiger partial charge in [0.2, 0.25) is 0 Å². The third-order valence-electron chi connectivity index (χ3n) is 1.89. The van der Waals surface area contributed by atoms with Crippen molar-refractivity contribution in [1.29, 1.82) is 0 Å². The van der Waals surface area contributed by atoms with Gasteiger partial charge in [0.1, 0.15) is 0 Å². The molecule has 0 amide bonds. The van der Waals surface area contributed by atoms with Crippen LogP contribution in [-0.2, 0) is 0 Å². The summed E-state index contributed by atoms with van der Waals surface area (Å²) in [7, 11) is 0. The minimum Gasteiger partial charge on any atom is -0.103 e. The Hall–Kier alpha value is -0.520. The lowest BCUT2D eigenvalue weighted by atomic mass is 10.2. The molecular weight excluding hydrogens is 324 g/mol. The smallest absolute Gasteiger partial charge is 0.0144 e. The quantitative estimate of drug-likeness (QED) is 0.312. The Morgan fingerprint density at radius 1 is 0.593 bits per heavy atom. The highest BCUT2D eigenvalue weighted by molar-refractivity contribution is 4.98. The second-order valence-corrected chi connectivity index (χ2v) is 4.72. The Balaban J connectivity index is -0.0000000274. The molecule has 0 N–H and O–H groups in total. The number of hydrogen-bond donors (Lipinski definition) is 0. The van der Waals surface area contributed by atoms with Crippen molar-refractivity contribution in [3.63, 3.8) is 0 Å². The van der Waals surface area contributed by atoms with E-state index in [-0.39, 0.29) is 0 Å². The molecule has 0 aliphatic heterocycles. The molecule has 174 valence electrons. The van der Waals surface area contributed by atoms with Crippen molar-refractivity contribution in [2.45, 2.75) is 155 Å². The van der Waals surface area contributed by atoms with Gasteiger partial charge in [-0.2, -0.15) is 0 Å². The molecule has 0 aromatic carbocycles. The van der Waals surface area contributed by atoms with Gasteiger partial charge in [0.25, 0.3) is 0 Å². The summed E-state index contributed by atoms with van der Waals surface area (Å²) in [6.45, 7) is 38.4.